The second-order valence-corrected chi connectivity index (χ2v) is 4.88. The van der Waals surface area contributed by atoms with Crippen molar-refractivity contribution in [2.45, 2.75) is 13.8 Å². The lowest BCUT2D eigenvalue weighted by Gasteiger charge is -2.36. The van der Waals surface area contributed by atoms with Gasteiger partial charge in [0.05, 0.1) is 18.2 Å². The van der Waals surface area contributed by atoms with Crippen LogP contribution < -0.4 is 15.0 Å². The van der Waals surface area contributed by atoms with Crippen LogP contribution in [0.3, 0.4) is 0 Å². The number of carbonyl (C=O) groups excluding carboxylic acids is 2. The van der Waals surface area contributed by atoms with Gasteiger partial charge in [0.2, 0.25) is 5.91 Å². The predicted octanol–water partition coefficient (Wildman–Crippen LogP) is 1.78. The zero-order valence-corrected chi connectivity index (χ0v) is 10.7. The van der Waals surface area contributed by atoms with Crippen LogP contribution in [0.25, 0.3) is 0 Å². The van der Waals surface area contributed by atoms with Gasteiger partial charge >= 0.3 is 6.03 Å². The molecule has 1 aliphatic heterocycles. The largest absolute Gasteiger partial charge is 0.497 e. The van der Waals surface area contributed by atoms with Crippen LogP contribution in [-0.4, -0.2) is 25.6 Å². The molecule has 5 heteroatoms. The fourth-order valence-corrected chi connectivity index (χ4v) is 1.81. The summed E-state index contributed by atoms with van der Waals surface area (Å²) in [6, 6.07) is 6.44. The van der Waals surface area contributed by atoms with E-state index in [2.05, 4.69) is 5.32 Å². The van der Waals surface area contributed by atoms with Gasteiger partial charge < -0.3 is 10.1 Å². The number of benzene rings is 1. The number of carbonyl (C=O) groups is 2. The minimum atomic E-state index is -0.589. The van der Waals surface area contributed by atoms with Crippen LogP contribution in [0, 0.1) is 5.41 Å². The van der Waals surface area contributed by atoms with Crippen molar-refractivity contribution in [1.82, 2.24) is 5.32 Å². The Morgan fingerprint density at radius 1 is 1.22 bits per heavy atom. The highest BCUT2D eigenvalue weighted by Gasteiger charge is 2.40. The van der Waals surface area contributed by atoms with Gasteiger partial charge in [-0.2, -0.15) is 0 Å². The van der Waals surface area contributed by atoms with Gasteiger partial charge in [-0.25, -0.2) is 9.69 Å². The van der Waals surface area contributed by atoms with Crippen molar-refractivity contribution < 1.29 is 14.3 Å². The summed E-state index contributed by atoms with van der Waals surface area (Å²) in [5.41, 5.74) is -0.0422. The zero-order valence-electron chi connectivity index (χ0n) is 10.7. The molecule has 1 fully saturated rings. The predicted molar refractivity (Wildman–Crippen MR) is 67.7 cm³/mol. The molecule has 1 aromatic rings. The van der Waals surface area contributed by atoms with Crippen molar-refractivity contribution in [2.24, 2.45) is 5.41 Å². The molecule has 0 aromatic heterocycles. The topological polar surface area (TPSA) is 58.6 Å². The summed E-state index contributed by atoms with van der Waals surface area (Å²) in [6.07, 6.45) is 0. The third-order valence-electron chi connectivity index (χ3n) is 3.00. The Labute approximate surface area is 106 Å². The molecule has 0 unspecified atom stereocenters. The average molecular weight is 248 g/mol. The Bertz CT molecular complexity index is 480. The number of imide groups is 1. The Hall–Kier alpha value is -2.04. The van der Waals surface area contributed by atoms with E-state index in [0.29, 0.717) is 18.0 Å². The van der Waals surface area contributed by atoms with E-state index in [1.807, 2.05) is 13.8 Å². The summed E-state index contributed by atoms with van der Waals surface area (Å²) >= 11 is 0. The molecule has 1 saturated heterocycles. The van der Waals surface area contributed by atoms with Gasteiger partial charge in [-0.3, -0.25) is 4.79 Å². The first-order chi connectivity index (χ1) is 8.45. The number of ether oxygens (including phenoxy) is 1. The van der Waals surface area contributed by atoms with Crippen molar-refractivity contribution in [3.05, 3.63) is 24.3 Å². The fourth-order valence-electron chi connectivity index (χ4n) is 1.81. The molecule has 0 atom stereocenters. The number of rotatable bonds is 2. The van der Waals surface area contributed by atoms with Crippen molar-refractivity contribution >= 4 is 17.6 Å². The first-order valence-electron chi connectivity index (χ1n) is 5.72. The second kappa shape index (κ2) is 4.33. The van der Waals surface area contributed by atoms with E-state index in [9.17, 15) is 9.59 Å². The van der Waals surface area contributed by atoms with Crippen LogP contribution in [0.1, 0.15) is 13.8 Å². The van der Waals surface area contributed by atoms with Crippen LogP contribution in [-0.2, 0) is 4.79 Å². The Morgan fingerprint density at radius 2 is 1.83 bits per heavy atom. The number of methoxy groups -OCH3 is 1. The molecular weight excluding hydrogens is 232 g/mol. The highest BCUT2D eigenvalue weighted by atomic mass is 16.5. The first-order valence-corrected chi connectivity index (χ1v) is 5.72. The van der Waals surface area contributed by atoms with Crippen LogP contribution in [0.15, 0.2) is 24.3 Å². The third-order valence-corrected chi connectivity index (χ3v) is 3.00. The number of anilines is 1. The summed E-state index contributed by atoms with van der Waals surface area (Å²) in [5.74, 6) is 0.485. The number of hydrogen-bond donors (Lipinski definition) is 1. The van der Waals surface area contributed by atoms with E-state index in [1.165, 1.54) is 4.90 Å². The van der Waals surface area contributed by atoms with E-state index in [-0.39, 0.29) is 11.9 Å². The molecule has 0 spiro atoms. The minimum absolute atomic E-state index is 0.198. The van der Waals surface area contributed by atoms with Gasteiger partial charge in [-0.15, -0.1) is 0 Å². The van der Waals surface area contributed by atoms with Crippen molar-refractivity contribution in [3.63, 3.8) is 0 Å². The lowest BCUT2D eigenvalue weighted by Crippen LogP contribution is -2.59. The molecule has 0 saturated carbocycles. The third kappa shape index (κ3) is 2.03. The summed E-state index contributed by atoms with van der Waals surface area (Å²) < 4.78 is 5.05. The van der Waals surface area contributed by atoms with Crippen molar-refractivity contribution in [1.29, 1.82) is 0 Å². The van der Waals surface area contributed by atoms with E-state index in [0.717, 1.165) is 0 Å². The molecule has 1 N–H and O–H groups in total. The molecule has 1 aliphatic rings. The number of nitrogens with one attached hydrogen (secondary N) is 1. The van der Waals surface area contributed by atoms with E-state index >= 15 is 0 Å². The normalized spacial score (nSPS) is 18.5. The number of nitrogens with zero attached hydrogens (tertiary/aromatic N) is 1. The summed E-state index contributed by atoms with van der Waals surface area (Å²) in [7, 11) is 1.57. The van der Waals surface area contributed by atoms with E-state index in [4.69, 9.17) is 4.74 Å². The van der Waals surface area contributed by atoms with Gasteiger partial charge in [0.25, 0.3) is 0 Å². The second-order valence-electron chi connectivity index (χ2n) is 4.88. The Morgan fingerprint density at radius 3 is 2.39 bits per heavy atom. The van der Waals surface area contributed by atoms with Crippen LogP contribution in [0.2, 0.25) is 0 Å². The van der Waals surface area contributed by atoms with Gasteiger partial charge in [0, 0.05) is 6.54 Å². The highest BCUT2D eigenvalue weighted by Crippen LogP contribution is 2.28. The number of amides is 3. The molecule has 1 aromatic carbocycles. The molecule has 18 heavy (non-hydrogen) atoms. The molecule has 0 bridgehead atoms. The minimum Gasteiger partial charge on any atom is -0.497 e. The van der Waals surface area contributed by atoms with E-state index in [1.54, 1.807) is 31.4 Å². The maximum absolute atomic E-state index is 12.2. The average Bonchev–Trinajstić information content (AvgIpc) is 2.36. The van der Waals surface area contributed by atoms with Crippen LogP contribution in [0.4, 0.5) is 10.5 Å². The standard InChI is InChI=1S/C13H16N2O3/c1-13(2)8-14-12(17)15(11(13)16)9-4-6-10(18-3)7-5-9/h4-7H,8H2,1-3H3,(H,14,17). The fraction of sp³-hybridized carbons (Fsp3) is 0.385. The summed E-state index contributed by atoms with van der Waals surface area (Å²) in [5, 5.41) is 2.71. The Kier molecular flexibility index (Phi) is 2.98. The van der Waals surface area contributed by atoms with Crippen LogP contribution >= 0.6 is 0 Å². The number of hydrogen-bond acceptors (Lipinski definition) is 3. The Balaban J connectivity index is 2.34. The van der Waals surface area contributed by atoms with Gasteiger partial charge in [0.1, 0.15) is 5.75 Å². The lowest BCUT2D eigenvalue weighted by atomic mass is 9.89. The van der Waals surface area contributed by atoms with Crippen molar-refractivity contribution in [3.8, 4) is 5.75 Å². The zero-order chi connectivity index (χ0) is 13.3. The SMILES string of the molecule is COc1ccc(N2C(=O)NCC(C)(C)C2=O)cc1. The van der Waals surface area contributed by atoms with E-state index < -0.39 is 5.41 Å². The lowest BCUT2D eigenvalue weighted by molar-refractivity contribution is -0.126. The maximum Gasteiger partial charge on any atom is 0.328 e. The molecular formula is C13H16N2O3. The summed E-state index contributed by atoms with van der Waals surface area (Å²) in [4.78, 5) is 25.2. The molecule has 2 rings (SSSR count). The number of urea groups is 1. The molecule has 3 amide bonds. The maximum atomic E-state index is 12.2. The van der Waals surface area contributed by atoms with Gasteiger partial charge in [-0.1, -0.05) is 0 Å². The highest BCUT2D eigenvalue weighted by molar-refractivity contribution is 6.17. The van der Waals surface area contributed by atoms with Crippen LogP contribution in [0.5, 0.6) is 5.75 Å². The molecule has 0 radical (unpaired) electrons. The summed E-state index contributed by atoms with van der Waals surface area (Å²) in [6.45, 7) is 3.98. The molecule has 96 valence electrons. The first kappa shape index (κ1) is 12.4. The van der Waals surface area contributed by atoms with Crippen molar-refractivity contribution in [2.75, 3.05) is 18.6 Å². The smallest absolute Gasteiger partial charge is 0.328 e. The molecule has 1 heterocycles. The van der Waals surface area contributed by atoms with Gasteiger partial charge in [0.15, 0.2) is 0 Å². The molecule has 0 aliphatic carbocycles. The molecule has 5 nitrogen and oxygen atoms in total. The quantitative estimate of drug-likeness (QED) is 0.867. The monoisotopic (exact) mass is 248 g/mol. The van der Waals surface area contributed by atoms with Gasteiger partial charge in [-0.05, 0) is 38.1 Å².